The summed E-state index contributed by atoms with van der Waals surface area (Å²) < 4.78 is 4.55. The second-order valence-electron chi connectivity index (χ2n) is 3.55. The highest BCUT2D eigenvalue weighted by Gasteiger charge is 2.16. The SMILES string of the molecule is COC(=O)CC(N)CN1CCCC1. The summed E-state index contributed by atoms with van der Waals surface area (Å²) in [5.74, 6) is -0.216. The predicted octanol–water partition coefficient (Wildman–Crippen LogP) is -0.0274. The van der Waals surface area contributed by atoms with Crippen molar-refractivity contribution in [3.8, 4) is 0 Å². The number of carbonyl (C=O) groups excluding carboxylic acids is 1. The monoisotopic (exact) mass is 186 g/mol. The lowest BCUT2D eigenvalue weighted by molar-refractivity contribution is -0.141. The van der Waals surface area contributed by atoms with E-state index in [0.717, 1.165) is 19.6 Å². The van der Waals surface area contributed by atoms with Crippen molar-refractivity contribution in [2.24, 2.45) is 5.73 Å². The maximum absolute atomic E-state index is 10.9. The minimum atomic E-state index is -0.216. The first-order chi connectivity index (χ1) is 6.22. The van der Waals surface area contributed by atoms with Gasteiger partial charge in [-0.25, -0.2) is 0 Å². The first kappa shape index (κ1) is 10.5. The van der Waals surface area contributed by atoms with Crippen molar-refractivity contribution >= 4 is 5.97 Å². The number of likely N-dealkylation sites (tertiary alicyclic amines) is 1. The van der Waals surface area contributed by atoms with Crippen molar-refractivity contribution in [2.75, 3.05) is 26.7 Å². The first-order valence-electron chi connectivity index (χ1n) is 4.77. The number of hydrogen-bond acceptors (Lipinski definition) is 4. The number of rotatable bonds is 4. The molecule has 0 aromatic heterocycles. The number of ether oxygens (including phenoxy) is 1. The third-order valence-electron chi connectivity index (χ3n) is 2.35. The maximum atomic E-state index is 10.9. The summed E-state index contributed by atoms with van der Waals surface area (Å²) in [5, 5.41) is 0. The van der Waals surface area contributed by atoms with Gasteiger partial charge in [0.15, 0.2) is 0 Å². The molecule has 0 aromatic carbocycles. The van der Waals surface area contributed by atoms with Gasteiger partial charge in [0.25, 0.3) is 0 Å². The fourth-order valence-corrected chi connectivity index (χ4v) is 1.66. The Kier molecular flexibility index (Phi) is 4.18. The lowest BCUT2D eigenvalue weighted by Gasteiger charge is -2.18. The van der Waals surface area contributed by atoms with Crippen molar-refractivity contribution < 1.29 is 9.53 Å². The van der Waals surface area contributed by atoms with E-state index in [2.05, 4.69) is 9.64 Å². The van der Waals surface area contributed by atoms with Gasteiger partial charge in [0.1, 0.15) is 0 Å². The summed E-state index contributed by atoms with van der Waals surface area (Å²) in [7, 11) is 1.39. The van der Waals surface area contributed by atoms with Gasteiger partial charge >= 0.3 is 5.97 Å². The van der Waals surface area contributed by atoms with Crippen molar-refractivity contribution in [1.82, 2.24) is 4.90 Å². The van der Waals surface area contributed by atoms with Gasteiger partial charge in [0, 0.05) is 12.6 Å². The molecule has 2 N–H and O–H groups in total. The highest BCUT2D eigenvalue weighted by molar-refractivity contribution is 5.69. The van der Waals surface area contributed by atoms with Crippen molar-refractivity contribution in [3.63, 3.8) is 0 Å². The largest absolute Gasteiger partial charge is 0.469 e. The van der Waals surface area contributed by atoms with E-state index in [4.69, 9.17) is 5.73 Å². The van der Waals surface area contributed by atoms with Gasteiger partial charge in [-0.15, -0.1) is 0 Å². The molecule has 4 heteroatoms. The highest BCUT2D eigenvalue weighted by Crippen LogP contribution is 2.08. The Morgan fingerprint density at radius 2 is 2.15 bits per heavy atom. The highest BCUT2D eigenvalue weighted by atomic mass is 16.5. The van der Waals surface area contributed by atoms with E-state index >= 15 is 0 Å². The van der Waals surface area contributed by atoms with E-state index in [1.165, 1.54) is 20.0 Å². The third-order valence-corrected chi connectivity index (χ3v) is 2.35. The van der Waals surface area contributed by atoms with Crippen LogP contribution in [0.25, 0.3) is 0 Å². The van der Waals surface area contributed by atoms with Crippen LogP contribution in [0.4, 0.5) is 0 Å². The quantitative estimate of drug-likeness (QED) is 0.627. The van der Waals surface area contributed by atoms with E-state index in [9.17, 15) is 4.79 Å². The molecule has 1 rings (SSSR count). The second-order valence-corrected chi connectivity index (χ2v) is 3.55. The lowest BCUT2D eigenvalue weighted by Crippen LogP contribution is -2.37. The van der Waals surface area contributed by atoms with E-state index in [0.29, 0.717) is 6.42 Å². The number of carbonyl (C=O) groups is 1. The molecule has 0 saturated carbocycles. The van der Waals surface area contributed by atoms with Gasteiger partial charge in [-0.1, -0.05) is 0 Å². The Bertz CT molecular complexity index is 167. The summed E-state index contributed by atoms with van der Waals surface area (Å²) in [6.45, 7) is 3.05. The van der Waals surface area contributed by atoms with Crippen LogP contribution in [0, 0.1) is 0 Å². The average molecular weight is 186 g/mol. The molecule has 1 fully saturated rings. The standard InChI is InChI=1S/C9H18N2O2/c1-13-9(12)6-8(10)7-11-4-2-3-5-11/h8H,2-7,10H2,1H3. The van der Waals surface area contributed by atoms with E-state index in [1.54, 1.807) is 0 Å². The zero-order valence-corrected chi connectivity index (χ0v) is 8.16. The van der Waals surface area contributed by atoms with Crippen LogP contribution in [-0.2, 0) is 9.53 Å². The third kappa shape index (κ3) is 3.74. The molecular formula is C9H18N2O2. The van der Waals surface area contributed by atoms with E-state index in [-0.39, 0.29) is 12.0 Å². The summed E-state index contributed by atoms with van der Waals surface area (Å²) in [4.78, 5) is 13.2. The van der Waals surface area contributed by atoms with Crippen LogP contribution in [0.5, 0.6) is 0 Å². The summed E-state index contributed by atoms with van der Waals surface area (Å²) in [6.07, 6.45) is 2.84. The fourth-order valence-electron chi connectivity index (χ4n) is 1.66. The summed E-state index contributed by atoms with van der Waals surface area (Å²) in [5.41, 5.74) is 5.79. The molecule has 1 atom stereocenters. The molecule has 0 spiro atoms. The van der Waals surface area contributed by atoms with Crippen LogP contribution in [0.1, 0.15) is 19.3 Å². The molecule has 1 heterocycles. The Balaban J connectivity index is 2.16. The molecule has 0 aromatic rings. The van der Waals surface area contributed by atoms with Gasteiger partial charge < -0.3 is 15.4 Å². The van der Waals surface area contributed by atoms with Crippen LogP contribution in [0.15, 0.2) is 0 Å². The molecule has 0 amide bonds. The predicted molar refractivity (Wildman–Crippen MR) is 50.3 cm³/mol. The first-order valence-corrected chi connectivity index (χ1v) is 4.77. The van der Waals surface area contributed by atoms with Gasteiger partial charge in [-0.2, -0.15) is 0 Å². The normalized spacial score (nSPS) is 20.2. The van der Waals surface area contributed by atoms with Gasteiger partial charge in [0.05, 0.1) is 13.5 Å². The molecule has 1 aliphatic heterocycles. The smallest absolute Gasteiger partial charge is 0.307 e. The van der Waals surface area contributed by atoms with Crippen LogP contribution >= 0.6 is 0 Å². The zero-order valence-electron chi connectivity index (χ0n) is 8.16. The second kappa shape index (κ2) is 5.19. The lowest BCUT2D eigenvalue weighted by atomic mass is 10.2. The van der Waals surface area contributed by atoms with Crippen molar-refractivity contribution in [3.05, 3.63) is 0 Å². The average Bonchev–Trinajstić information content (AvgIpc) is 2.56. The zero-order chi connectivity index (χ0) is 9.68. The molecular weight excluding hydrogens is 168 g/mol. The molecule has 76 valence electrons. The van der Waals surface area contributed by atoms with Crippen LogP contribution < -0.4 is 5.73 Å². The summed E-state index contributed by atoms with van der Waals surface area (Å²) >= 11 is 0. The molecule has 4 nitrogen and oxygen atoms in total. The van der Waals surface area contributed by atoms with Crippen molar-refractivity contribution in [2.45, 2.75) is 25.3 Å². The Hall–Kier alpha value is -0.610. The molecule has 0 radical (unpaired) electrons. The van der Waals surface area contributed by atoms with Crippen molar-refractivity contribution in [1.29, 1.82) is 0 Å². The van der Waals surface area contributed by atoms with Crippen LogP contribution in [-0.4, -0.2) is 43.7 Å². The molecule has 1 unspecified atom stereocenters. The number of esters is 1. The Morgan fingerprint density at radius 3 is 2.69 bits per heavy atom. The number of methoxy groups -OCH3 is 1. The van der Waals surface area contributed by atoms with E-state index in [1.807, 2.05) is 0 Å². The van der Waals surface area contributed by atoms with Gasteiger partial charge in [0.2, 0.25) is 0 Å². The number of nitrogens with two attached hydrogens (primary N) is 1. The van der Waals surface area contributed by atoms with E-state index < -0.39 is 0 Å². The Labute approximate surface area is 79.0 Å². The molecule has 1 saturated heterocycles. The number of hydrogen-bond donors (Lipinski definition) is 1. The Morgan fingerprint density at radius 1 is 1.54 bits per heavy atom. The molecule has 0 bridgehead atoms. The topological polar surface area (TPSA) is 55.6 Å². The molecule has 13 heavy (non-hydrogen) atoms. The number of nitrogens with zero attached hydrogens (tertiary/aromatic N) is 1. The van der Waals surface area contributed by atoms with Gasteiger partial charge in [-0.3, -0.25) is 4.79 Å². The van der Waals surface area contributed by atoms with Gasteiger partial charge in [-0.05, 0) is 25.9 Å². The fraction of sp³-hybridized carbons (Fsp3) is 0.889. The summed E-state index contributed by atoms with van der Waals surface area (Å²) in [6, 6.07) is -0.0782. The molecule has 1 aliphatic rings. The minimum Gasteiger partial charge on any atom is -0.469 e. The minimum absolute atomic E-state index is 0.0782. The van der Waals surface area contributed by atoms with Crippen LogP contribution in [0.3, 0.4) is 0 Å². The van der Waals surface area contributed by atoms with Crippen LogP contribution in [0.2, 0.25) is 0 Å². The molecule has 0 aliphatic carbocycles. The maximum Gasteiger partial charge on any atom is 0.307 e.